The van der Waals surface area contributed by atoms with Crippen LogP contribution in [-0.2, 0) is 14.8 Å². The number of nitrogens with zero attached hydrogens (tertiary/aromatic N) is 3. The van der Waals surface area contributed by atoms with E-state index < -0.39 is 10.0 Å². The lowest BCUT2D eigenvalue weighted by Gasteiger charge is -2.34. The number of aliphatic hydroxyl groups excluding tert-OH is 2. The van der Waals surface area contributed by atoms with Crippen LogP contribution in [0.1, 0.15) is 0 Å². The van der Waals surface area contributed by atoms with Crippen molar-refractivity contribution < 1.29 is 23.4 Å². The van der Waals surface area contributed by atoms with Crippen LogP contribution >= 0.6 is 0 Å². The summed E-state index contributed by atoms with van der Waals surface area (Å²) in [6.45, 7) is 2.00. The summed E-state index contributed by atoms with van der Waals surface area (Å²) in [6, 6.07) is 0. The molecule has 0 atom stereocenters. The molecule has 1 saturated heterocycles. The van der Waals surface area contributed by atoms with Gasteiger partial charge in [-0.15, -0.1) is 0 Å². The zero-order valence-electron chi connectivity index (χ0n) is 11.7. The first-order valence-electron chi connectivity index (χ1n) is 6.55. The molecule has 9 heteroatoms. The van der Waals surface area contributed by atoms with Gasteiger partial charge in [-0.05, 0) is 0 Å². The quantitative estimate of drug-likeness (QED) is 0.534. The number of hydrogen-bond acceptors (Lipinski definition) is 6. The summed E-state index contributed by atoms with van der Waals surface area (Å²) in [5.41, 5.74) is 0. The molecule has 0 radical (unpaired) electrons. The Morgan fingerprint density at radius 3 is 2.00 bits per heavy atom. The summed E-state index contributed by atoms with van der Waals surface area (Å²) >= 11 is 0. The van der Waals surface area contributed by atoms with E-state index in [1.54, 1.807) is 9.80 Å². The Kier molecular flexibility index (Phi) is 6.83. The van der Waals surface area contributed by atoms with Gasteiger partial charge in [0.1, 0.15) is 0 Å². The molecule has 1 fully saturated rings. The van der Waals surface area contributed by atoms with Crippen LogP contribution < -0.4 is 0 Å². The van der Waals surface area contributed by atoms with Crippen molar-refractivity contribution in [2.75, 3.05) is 65.3 Å². The van der Waals surface area contributed by atoms with Gasteiger partial charge >= 0.3 is 0 Å². The fraction of sp³-hybridized carbons (Fsp3) is 0.909. The molecular weight excluding hydrogens is 286 g/mol. The second kappa shape index (κ2) is 7.89. The number of carbonyl (C=O) groups is 1. The first-order valence-corrected chi connectivity index (χ1v) is 8.40. The Morgan fingerprint density at radius 2 is 1.60 bits per heavy atom. The van der Waals surface area contributed by atoms with Crippen molar-refractivity contribution in [3.05, 3.63) is 0 Å². The third-order valence-electron chi connectivity index (χ3n) is 3.25. The fourth-order valence-corrected chi connectivity index (χ4v) is 2.94. The largest absolute Gasteiger partial charge is 0.395 e. The molecule has 1 aliphatic heterocycles. The smallest absolute Gasteiger partial charge is 0.236 e. The van der Waals surface area contributed by atoms with Crippen molar-refractivity contribution in [2.24, 2.45) is 0 Å². The molecule has 20 heavy (non-hydrogen) atoms. The molecule has 1 aliphatic rings. The minimum Gasteiger partial charge on any atom is -0.395 e. The van der Waals surface area contributed by atoms with Crippen molar-refractivity contribution in [1.82, 2.24) is 14.1 Å². The lowest BCUT2D eigenvalue weighted by Crippen LogP contribution is -2.52. The maximum Gasteiger partial charge on any atom is 0.236 e. The van der Waals surface area contributed by atoms with E-state index in [0.29, 0.717) is 39.3 Å². The topological polar surface area (TPSA) is 101 Å². The number of aliphatic hydroxyl groups is 2. The van der Waals surface area contributed by atoms with E-state index in [4.69, 9.17) is 10.2 Å². The summed E-state index contributed by atoms with van der Waals surface area (Å²) in [7, 11) is -3.20. The second-order valence-electron chi connectivity index (χ2n) is 4.77. The molecule has 8 nitrogen and oxygen atoms in total. The van der Waals surface area contributed by atoms with Crippen LogP contribution in [0.3, 0.4) is 0 Å². The first kappa shape index (κ1) is 17.3. The van der Waals surface area contributed by atoms with Crippen LogP contribution in [0, 0.1) is 0 Å². The van der Waals surface area contributed by atoms with Crippen LogP contribution in [-0.4, -0.2) is 104 Å². The number of amides is 1. The molecule has 0 aromatic carbocycles. The minimum absolute atomic E-state index is 0.0743. The van der Waals surface area contributed by atoms with Crippen molar-refractivity contribution >= 4 is 15.9 Å². The molecule has 2 N–H and O–H groups in total. The van der Waals surface area contributed by atoms with Crippen molar-refractivity contribution in [3.8, 4) is 0 Å². The highest BCUT2D eigenvalue weighted by Crippen LogP contribution is 2.06. The average Bonchev–Trinajstić information content (AvgIpc) is 2.38. The lowest BCUT2D eigenvalue weighted by molar-refractivity contribution is -0.133. The molecule has 0 unspecified atom stereocenters. The van der Waals surface area contributed by atoms with Gasteiger partial charge in [0.05, 0.1) is 26.0 Å². The van der Waals surface area contributed by atoms with E-state index in [9.17, 15) is 13.2 Å². The summed E-state index contributed by atoms with van der Waals surface area (Å²) < 4.78 is 24.1. The van der Waals surface area contributed by atoms with Gasteiger partial charge < -0.3 is 15.1 Å². The van der Waals surface area contributed by atoms with E-state index >= 15 is 0 Å². The highest BCUT2D eigenvalue weighted by molar-refractivity contribution is 7.88. The van der Waals surface area contributed by atoms with Gasteiger partial charge in [0, 0.05) is 39.3 Å². The maximum absolute atomic E-state index is 12.1. The number of hydrogen-bond donors (Lipinski definition) is 2. The first-order chi connectivity index (χ1) is 9.38. The summed E-state index contributed by atoms with van der Waals surface area (Å²) in [4.78, 5) is 15.4. The summed E-state index contributed by atoms with van der Waals surface area (Å²) in [5, 5.41) is 17.8. The number of piperazine rings is 1. The fourth-order valence-electron chi connectivity index (χ4n) is 2.11. The monoisotopic (exact) mass is 309 g/mol. The third-order valence-corrected chi connectivity index (χ3v) is 4.55. The van der Waals surface area contributed by atoms with Gasteiger partial charge in [0.25, 0.3) is 0 Å². The zero-order valence-corrected chi connectivity index (χ0v) is 12.5. The Balaban J connectivity index is 2.45. The molecular formula is C11H23N3O5S. The van der Waals surface area contributed by atoms with E-state index in [-0.39, 0.29) is 25.7 Å². The van der Waals surface area contributed by atoms with E-state index in [1.165, 1.54) is 4.31 Å². The Hall–Kier alpha value is -0.740. The highest BCUT2D eigenvalue weighted by atomic mass is 32.2. The standard InChI is InChI=1S/C11H23N3O5S/c1-20(18,19)14-4-2-13(3-5-14)11(17)10-12(6-8-15)7-9-16/h15-16H,2-10H2,1H3. The Labute approximate surface area is 119 Å². The van der Waals surface area contributed by atoms with Gasteiger partial charge in [-0.2, -0.15) is 4.31 Å². The molecule has 0 aliphatic carbocycles. The maximum atomic E-state index is 12.1. The normalized spacial score (nSPS) is 17.7. The van der Waals surface area contributed by atoms with Gasteiger partial charge in [-0.3, -0.25) is 9.69 Å². The summed E-state index contributed by atoms with van der Waals surface area (Å²) in [5.74, 6) is -0.111. The van der Waals surface area contributed by atoms with E-state index in [1.807, 2.05) is 0 Å². The van der Waals surface area contributed by atoms with Crippen LogP contribution in [0.5, 0.6) is 0 Å². The molecule has 1 rings (SSSR count). The SMILES string of the molecule is CS(=O)(=O)N1CCN(C(=O)CN(CCO)CCO)CC1. The molecule has 1 heterocycles. The van der Waals surface area contributed by atoms with E-state index in [2.05, 4.69) is 0 Å². The molecule has 0 bridgehead atoms. The lowest BCUT2D eigenvalue weighted by atomic mass is 10.3. The Morgan fingerprint density at radius 1 is 1.10 bits per heavy atom. The third kappa shape index (κ3) is 5.33. The van der Waals surface area contributed by atoms with Gasteiger partial charge in [0.15, 0.2) is 0 Å². The number of sulfonamides is 1. The molecule has 0 spiro atoms. The summed E-state index contributed by atoms with van der Waals surface area (Å²) in [6.07, 6.45) is 1.16. The van der Waals surface area contributed by atoms with Crippen LogP contribution in [0.4, 0.5) is 0 Å². The van der Waals surface area contributed by atoms with Crippen LogP contribution in [0.2, 0.25) is 0 Å². The van der Waals surface area contributed by atoms with Crippen LogP contribution in [0.25, 0.3) is 0 Å². The minimum atomic E-state index is -3.20. The van der Waals surface area contributed by atoms with E-state index in [0.717, 1.165) is 6.26 Å². The average molecular weight is 309 g/mol. The van der Waals surface area contributed by atoms with Gasteiger partial charge in [-0.25, -0.2) is 8.42 Å². The molecule has 0 aromatic rings. The number of rotatable bonds is 7. The second-order valence-corrected chi connectivity index (χ2v) is 6.75. The van der Waals surface area contributed by atoms with Crippen LogP contribution in [0.15, 0.2) is 0 Å². The predicted molar refractivity (Wildman–Crippen MR) is 73.6 cm³/mol. The van der Waals surface area contributed by atoms with Gasteiger partial charge in [0.2, 0.25) is 15.9 Å². The van der Waals surface area contributed by atoms with Crippen molar-refractivity contribution in [2.45, 2.75) is 0 Å². The predicted octanol–water partition coefficient (Wildman–Crippen LogP) is -2.62. The molecule has 1 amide bonds. The molecule has 118 valence electrons. The van der Waals surface area contributed by atoms with Crippen molar-refractivity contribution in [1.29, 1.82) is 0 Å². The molecule has 0 aromatic heterocycles. The van der Waals surface area contributed by atoms with Crippen molar-refractivity contribution in [3.63, 3.8) is 0 Å². The Bertz CT molecular complexity index is 400. The highest BCUT2D eigenvalue weighted by Gasteiger charge is 2.26. The molecule has 0 saturated carbocycles. The van der Waals surface area contributed by atoms with Gasteiger partial charge in [-0.1, -0.05) is 0 Å². The zero-order chi connectivity index (χ0) is 15.2. The number of carbonyl (C=O) groups excluding carboxylic acids is 1.